The van der Waals surface area contributed by atoms with Crippen LogP contribution in [0, 0.1) is 0 Å². The molecule has 28 heavy (non-hydrogen) atoms. The fourth-order valence-electron chi connectivity index (χ4n) is 3.98. The highest BCUT2D eigenvalue weighted by molar-refractivity contribution is 6.14. The summed E-state index contributed by atoms with van der Waals surface area (Å²) in [5, 5.41) is 12.0. The second kappa shape index (κ2) is 6.73. The lowest BCUT2D eigenvalue weighted by atomic mass is 9.95. The molecule has 0 saturated heterocycles. The summed E-state index contributed by atoms with van der Waals surface area (Å²) in [7, 11) is 0. The number of carbonyl (C=O) groups excluding carboxylic acids is 1. The number of aromatic nitrogens is 3. The van der Waals surface area contributed by atoms with Gasteiger partial charge in [0.15, 0.2) is 0 Å². The number of benzene rings is 2. The van der Waals surface area contributed by atoms with E-state index in [9.17, 15) is 4.79 Å². The van der Waals surface area contributed by atoms with Crippen LogP contribution >= 0.6 is 0 Å². The first-order chi connectivity index (χ1) is 13.7. The van der Waals surface area contributed by atoms with Gasteiger partial charge in [-0.25, -0.2) is 0 Å². The van der Waals surface area contributed by atoms with Gasteiger partial charge in [-0.1, -0.05) is 25.1 Å². The first kappa shape index (κ1) is 16.9. The minimum atomic E-state index is -0.0910. The molecule has 3 heterocycles. The van der Waals surface area contributed by atoms with Crippen molar-refractivity contribution in [2.24, 2.45) is 0 Å². The van der Waals surface area contributed by atoms with Crippen LogP contribution in [-0.2, 0) is 13.0 Å². The molecule has 1 aliphatic heterocycles. The van der Waals surface area contributed by atoms with E-state index in [-0.39, 0.29) is 5.91 Å². The normalized spacial score (nSPS) is 14.3. The molecule has 0 saturated carbocycles. The summed E-state index contributed by atoms with van der Waals surface area (Å²) in [4.78, 5) is 20.6. The zero-order valence-electron chi connectivity index (χ0n) is 15.7. The first-order valence-corrected chi connectivity index (χ1v) is 9.60. The molecule has 0 spiro atoms. The van der Waals surface area contributed by atoms with E-state index in [1.54, 1.807) is 6.20 Å². The van der Waals surface area contributed by atoms with Crippen LogP contribution in [0.25, 0.3) is 21.8 Å². The van der Waals surface area contributed by atoms with Gasteiger partial charge in [0.05, 0.1) is 22.8 Å². The summed E-state index contributed by atoms with van der Waals surface area (Å²) in [5.74, 6) is -0.0910. The topological polar surface area (TPSA) is 73.9 Å². The molecular formula is C22H21N5O. The fourth-order valence-corrected chi connectivity index (χ4v) is 3.98. The van der Waals surface area contributed by atoms with Gasteiger partial charge in [-0.3, -0.25) is 19.8 Å². The lowest BCUT2D eigenvalue weighted by Gasteiger charge is -2.29. The van der Waals surface area contributed by atoms with Gasteiger partial charge in [-0.05, 0) is 30.8 Å². The molecule has 0 fully saturated rings. The number of hydrogen-bond acceptors (Lipinski definition) is 4. The van der Waals surface area contributed by atoms with E-state index in [0.717, 1.165) is 70.4 Å². The molecule has 0 bridgehead atoms. The minimum absolute atomic E-state index is 0.0910. The average molecular weight is 371 g/mol. The summed E-state index contributed by atoms with van der Waals surface area (Å²) in [6, 6.07) is 13.7. The lowest BCUT2D eigenvalue weighted by molar-refractivity contribution is 0.102. The Hall–Kier alpha value is -3.25. The molecule has 0 atom stereocenters. The third-order valence-corrected chi connectivity index (χ3v) is 5.50. The van der Waals surface area contributed by atoms with E-state index in [2.05, 4.69) is 27.3 Å². The molecule has 5 rings (SSSR count). The Kier molecular flexibility index (Phi) is 4.06. The Morgan fingerprint density at radius 2 is 2.14 bits per heavy atom. The van der Waals surface area contributed by atoms with Crippen LogP contribution in [0.2, 0.25) is 0 Å². The summed E-state index contributed by atoms with van der Waals surface area (Å²) in [5.41, 5.74) is 5.35. The smallest absolute Gasteiger partial charge is 0.256 e. The van der Waals surface area contributed by atoms with Crippen molar-refractivity contribution in [2.45, 2.75) is 19.9 Å². The van der Waals surface area contributed by atoms with E-state index in [4.69, 9.17) is 4.98 Å². The Bertz CT molecular complexity index is 1200. The van der Waals surface area contributed by atoms with Gasteiger partial charge < -0.3 is 5.32 Å². The number of carbonyl (C=O) groups is 1. The number of hydrogen-bond donors (Lipinski definition) is 2. The Labute approximate surface area is 162 Å². The molecule has 4 aromatic rings. The van der Waals surface area contributed by atoms with E-state index in [1.165, 1.54) is 0 Å². The van der Waals surface area contributed by atoms with E-state index in [1.807, 2.05) is 42.5 Å². The summed E-state index contributed by atoms with van der Waals surface area (Å²) >= 11 is 0. The van der Waals surface area contributed by atoms with Crippen molar-refractivity contribution >= 4 is 33.4 Å². The van der Waals surface area contributed by atoms with Gasteiger partial charge in [0.25, 0.3) is 5.91 Å². The highest BCUT2D eigenvalue weighted by Gasteiger charge is 2.25. The number of pyridine rings is 1. The van der Waals surface area contributed by atoms with Crippen molar-refractivity contribution in [2.75, 3.05) is 18.4 Å². The summed E-state index contributed by atoms with van der Waals surface area (Å²) < 4.78 is 0. The molecule has 0 radical (unpaired) electrons. The lowest BCUT2D eigenvalue weighted by Crippen LogP contribution is -2.33. The van der Waals surface area contributed by atoms with Gasteiger partial charge in [-0.15, -0.1) is 0 Å². The van der Waals surface area contributed by atoms with Gasteiger partial charge >= 0.3 is 0 Å². The summed E-state index contributed by atoms with van der Waals surface area (Å²) in [6.45, 7) is 4.85. The van der Waals surface area contributed by atoms with Crippen LogP contribution in [0.15, 0.2) is 48.7 Å². The third-order valence-electron chi connectivity index (χ3n) is 5.50. The van der Waals surface area contributed by atoms with Crippen LogP contribution in [0.5, 0.6) is 0 Å². The fraction of sp³-hybridized carbons (Fsp3) is 0.227. The quantitative estimate of drug-likeness (QED) is 0.575. The molecule has 6 nitrogen and oxygen atoms in total. The molecule has 0 aliphatic carbocycles. The van der Waals surface area contributed by atoms with Gasteiger partial charge in [-0.2, -0.15) is 5.10 Å². The van der Waals surface area contributed by atoms with E-state index < -0.39 is 0 Å². The number of amides is 1. The Balaban J connectivity index is 1.60. The highest BCUT2D eigenvalue weighted by atomic mass is 16.1. The number of fused-ring (bicyclic) bond motifs is 3. The molecule has 0 unspecified atom stereocenters. The van der Waals surface area contributed by atoms with Crippen molar-refractivity contribution in [1.29, 1.82) is 0 Å². The van der Waals surface area contributed by atoms with Crippen molar-refractivity contribution in [3.63, 3.8) is 0 Å². The van der Waals surface area contributed by atoms with Crippen LogP contribution in [0.4, 0.5) is 5.69 Å². The number of nitrogens with zero attached hydrogens (tertiary/aromatic N) is 3. The van der Waals surface area contributed by atoms with Gasteiger partial charge in [0.2, 0.25) is 0 Å². The van der Waals surface area contributed by atoms with E-state index >= 15 is 0 Å². The van der Waals surface area contributed by atoms with Gasteiger partial charge in [0, 0.05) is 47.2 Å². The summed E-state index contributed by atoms with van der Waals surface area (Å²) in [6.07, 6.45) is 2.64. The zero-order valence-corrected chi connectivity index (χ0v) is 15.7. The maximum absolute atomic E-state index is 13.4. The molecule has 1 amide bonds. The molecular weight excluding hydrogens is 350 g/mol. The maximum Gasteiger partial charge on any atom is 0.256 e. The highest BCUT2D eigenvalue weighted by Crippen LogP contribution is 2.29. The van der Waals surface area contributed by atoms with Crippen LogP contribution < -0.4 is 5.32 Å². The number of aromatic amines is 1. The van der Waals surface area contributed by atoms with Crippen molar-refractivity contribution in [3.05, 3.63) is 65.5 Å². The average Bonchev–Trinajstić information content (AvgIpc) is 3.19. The molecule has 2 N–H and O–H groups in total. The van der Waals surface area contributed by atoms with Crippen molar-refractivity contribution in [1.82, 2.24) is 20.1 Å². The number of rotatable bonds is 3. The van der Waals surface area contributed by atoms with Crippen LogP contribution in [-0.4, -0.2) is 39.1 Å². The van der Waals surface area contributed by atoms with Crippen LogP contribution in [0.1, 0.15) is 28.5 Å². The Morgan fingerprint density at radius 1 is 1.25 bits per heavy atom. The SMILES string of the molecule is CCN1CCc2nc3ccccc3c(C(=O)Nc3ccc4cn[nH]c4c3)c2C1. The molecule has 6 heteroatoms. The monoisotopic (exact) mass is 371 g/mol. The maximum atomic E-state index is 13.4. The Morgan fingerprint density at radius 3 is 3.04 bits per heavy atom. The molecule has 2 aromatic carbocycles. The number of anilines is 1. The number of likely N-dealkylation sites (N-methyl/N-ethyl adjacent to an activating group) is 1. The standard InChI is InChI=1S/C22H21N5O/c1-2-27-10-9-19-17(13-27)21(16-5-3-4-6-18(16)25-19)22(28)24-15-8-7-14-12-23-26-20(14)11-15/h3-8,11-12H,2,9-10,13H2,1H3,(H,23,26)(H,24,28). The zero-order chi connectivity index (χ0) is 19.1. The van der Waals surface area contributed by atoms with Crippen LogP contribution in [0.3, 0.4) is 0 Å². The van der Waals surface area contributed by atoms with Gasteiger partial charge in [0.1, 0.15) is 0 Å². The number of nitrogens with one attached hydrogen (secondary N) is 2. The van der Waals surface area contributed by atoms with Crippen molar-refractivity contribution < 1.29 is 4.79 Å². The number of para-hydroxylation sites is 1. The van der Waals surface area contributed by atoms with E-state index in [0.29, 0.717) is 0 Å². The minimum Gasteiger partial charge on any atom is -0.322 e. The first-order valence-electron chi connectivity index (χ1n) is 9.60. The molecule has 1 aliphatic rings. The number of H-pyrrole nitrogens is 1. The second-order valence-corrected chi connectivity index (χ2v) is 7.17. The predicted octanol–water partition coefficient (Wildman–Crippen LogP) is 3.74. The molecule has 140 valence electrons. The third kappa shape index (κ3) is 2.82. The largest absolute Gasteiger partial charge is 0.322 e. The molecule has 2 aromatic heterocycles. The second-order valence-electron chi connectivity index (χ2n) is 7.17. The predicted molar refractivity (Wildman–Crippen MR) is 110 cm³/mol. The van der Waals surface area contributed by atoms with Crippen molar-refractivity contribution in [3.8, 4) is 0 Å².